The number of phenolic OH excluding ortho intramolecular Hbond substituents is 2. The van der Waals surface area contributed by atoms with E-state index in [0.29, 0.717) is 5.56 Å². The maximum Gasteiger partial charge on any atom is 0.158 e. The minimum absolute atomic E-state index is 0.0284. The van der Waals surface area contributed by atoms with Gasteiger partial charge in [-0.1, -0.05) is 30.3 Å². The first-order valence-electron chi connectivity index (χ1n) is 6.51. The Morgan fingerprint density at radius 3 is 2.05 bits per heavy atom. The van der Waals surface area contributed by atoms with Gasteiger partial charge in [0.1, 0.15) is 11.5 Å². The lowest BCUT2D eigenvalue weighted by atomic mass is 10.0. The van der Waals surface area contributed by atoms with Crippen LogP contribution in [0.4, 0.5) is 0 Å². The molecule has 0 aliphatic rings. The van der Waals surface area contributed by atoms with Gasteiger partial charge in [0.2, 0.25) is 0 Å². The summed E-state index contributed by atoms with van der Waals surface area (Å²) >= 11 is 0. The van der Waals surface area contributed by atoms with Crippen LogP contribution in [-0.2, 0) is 4.79 Å². The van der Waals surface area contributed by atoms with E-state index in [4.69, 9.17) is 5.11 Å². The monoisotopic (exact) mass is 284 g/mol. The van der Waals surface area contributed by atoms with Crippen LogP contribution in [0.15, 0.2) is 54.6 Å². The summed E-state index contributed by atoms with van der Waals surface area (Å²) in [6, 6.07) is 12.6. The van der Waals surface area contributed by atoms with E-state index in [1.54, 1.807) is 30.3 Å². The molecule has 2 rings (SSSR count). The molecule has 0 spiro atoms. The van der Waals surface area contributed by atoms with Gasteiger partial charge < -0.3 is 15.3 Å². The van der Waals surface area contributed by atoms with Crippen molar-refractivity contribution in [2.75, 3.05) is 0 Å². The maximum absolute atomic E-state index is 11.8. The number of hydrogen-bond acceptors (Lipinski definition) is 4. The van der Waals surface area contributed by atoms with Gasteiger partial charge in [-0.05, 0) is 41.5 Å². The number of hydrogen-bond donors (Lipinski definition) is 3. The second-order valence-electron chi connectivity index (χ2n) is 4.70. The number of aliphatic hydroxyl groups is 1. The highest BCUT2D eigenvalue weighted by Crippen LogP contribution is 2.20. The Labute approximate surface area is 122 Å². The molecule has 2 aromatic rings. The fraction of sp³-hybridized carbons (Fsp3) is 0.118. The summed E-state index contributed by atoms with van der Waals surface area (Å²) in [4.78, 5) is 11.8. The average molecular weight is 284 g/mol. The number of ketones is 1. The third-order valence-corrected chi connectivity index (χ3v) is 3.03. The molecular weight excluding hydrogens is 268 g/mol. The van der Waals surface area contributed by atoms with Crippen LogP contribution in [0.25, 0.3) is 6.08 Å². The van der Waals surface area contributed by atoms with E-state index in [2.05, 4.69) is 0 Å². The van der Waals surface area contributed by atoms with Crippen LogP contribution in [0.2, 0.25) is 0 Å². The van der Waals surface area contributed by atoms with Crippen LogP contribution in [0.3, 0.4) is 0 Å². The lowest BCUT2D eigenvalue weighted by Crippen LogP contribution is -2.04. The molecule has 21 heavy (non-hydrogen) atoms. The molecule has 0 heterocycles. The predicted octanol–water partition coefficient (Wildman–Crippen LogP) is 2.80. The summed E-state index contributed by atoms with van der Waals surface area (Å²) in [6.45, 7) is 0. The lowest BCUT2D eigenvalue weighted by molar-refractivity contribution is -0.116. The van der Waals surface area contributed by atoms with E-state index in [1.165, 1.54) is 30.3 Å². The molecule has 3 N–H and O–H groups in total. The van der Waals surface area contributed by atoms with Crippen molar-refractivity contribution >= 4 is 11.9 Å². The molecule has 2 aromatic carbocycles. The molecule has 0 saturated carbocycles. The van der Waals surface area contributed by atoms with Gasteiger partial charge in [-0.2, -0.15) is 0 Å². The van der Waals surface area contributed by atoms with Gasteiger partial charge >= 0.3 is 0 Å². The SMILES string of the molecule is O=C(/C=C/c1ccc(O)cc1)CC(O)c1ccc(O)cc1. The van der Waals surface area contributed by atoms with E-state index in [9.17, 15) is 15.0 Å². The fourth-order valence-electron chi connectivity index (χ4n) is 1.85. The van der Waals surface area contributed by atoms with Crippen LogP contribution in [0, 0.1) is 0 Å². The highest BCUT2D eigenvalue weighted by Gasteiger charge is 2.11. The summed E-state index contributed by atoms with van der Waals surface area (Å²) in [7, 11) is 0. The number of rotatable bonds is 5. The number of aromatic hydroxyl groups is 2. The van der Waals surface area contributed by atoms with Crippen molar-refractivity contribution in [3.8, 4) is 11.5 Å². The minimum Gasteiger partial charge on any atom is -0.508 e. The molecule has 0 aliphatic heterocycles. The first-order chi connectivity index (χ1) is 10.0. The van der Waals surface area contributed by atoms with Crippen molar-refractivity contribution in [3.63, 3.8) is 0 Å². The molecule has 0 radical (unpaired) electrons. The third-order valence-electron chi connectivity index (χ3n) is 3.03. The summed E-state index contributed by atoms with van der Waals surface area (Å²) in [5.41, 5.74) is 1.37. The Hall–Kier alpha value is -2.59. The van der Waals surface area contributed by atoms with E-state index in [1.807, 2.05) is 0 Å². The number of aliphatic hydroxyl groups excluding tert-OH is 1. The molecule has 1 atom stereocenters. The van der Waals surface area contributed by atoms with Crippen molar-refractivity contribution in [2.24, 2.45) is 0 Å². The van der Waals surface area contributed by atoms with Crippen LogP contribution in [0.5, 0.6) is 11.5 Å². The zero-order chi connectivity index (χ0) is 15.2. The average Bonchev–Trinajstić information content (AvgIpc) is 2.47. The molecule has 0 aromatic heterocycles. The van der Waals surface area contributed by atoms with E-state index in [0.717, 1.165) is 5.56 Å². The van der Waals surface area contributed by atoms with Gasteiger partial charge in [-0.25, -0.2) is 0 Å². The minimum atomic E-state index is -0.900. The van der Waals surface area contributed by atoms with Gasteiger partial charge in [0.15, 0.2) is 5.78 Å². The first-order valence-corrected chi connectivity index (χ1v) is 6.51. The molecule has 0 saturated heterocycles. The second-order valence-corrected chi connectivity index (χ2v) is 4.70. The Balaban J connectivity index is 1.94. The van der Waals surface area contributed by atoms with Crippen molar-refractivity contribution < 1.29 is 20.1 Å². The molecule has 0 bridgehead atoms. The zero-order valence-electron chi connectivity index (χ0n) is 11.3. The van der Waals surface area contributed by atoms with Gasteiger partial charge in [0, 0.05) is 6.42 Å². The number of carbonyl (C=O) groups is 1. The standard InChI is InChI=1S/C17H16O4/c18-14-6-1-12(2-7-14)3-8-16(20)11-17(21)13-4-9-15(19)10-5-13/h1-10,17-19,21H,11H2/b8-3+. The number of carbonyl (C=O) groups excluding carboxylic acids is 1. The highest BCUT2D eigenvalue weighted by atomic mass is 16.3. The molecule has 4 heteroatoms. The molecule has 0 aliphatic carbocycles. The maximum atomic E-state index is 11.8. The van der Waals surface area contributed by atoms with Crippen molar-refractivity contribution in [3.05, 3.63) is 65.7 Å². The largest absolute Gasteiger partial charge is 0.508 e. The van der Waals surface area contributed by atoms with Crippen LogP contribution in [0.1, 0.15) is 23.7 Å². The molecule has 0 fully saturated rings. The Morgan fingerprint density at radius 2 is 1.48 bits per heavy atom. The lowest BCUT2D eigenvalue weighted by Gasteiger charge is -2.08. The molecule has 0 amide bonds. The van der Waals surface area contributed by atoms with E-state index < -0.39 is 6.10 Å². The number of phenols is 2. The zero-order valence-corrected chi connectivity index (χ0v) is 11.3. The summed E-state index contributed by atoms with van der Waals surface area (Å²) in [5.74, 6) is 0.0781. The molecule has 108 valence electrons. The normalized spacial score (nSPS) is 12.4. The van der Waals surface area contributed by atoms with Gasteiger partial charge in [-0.3, -0.25) is 4.79 Å². The Morgan fingerprint density at radius 1 is 0.952 bits per heavy atom. The van der Waals surface area contributed by atoms with Gasteiger partial charge in [-0.15, -0.1) is 0 Å². The molecule has 4 nitrogen and oxygen atoms in total. The first kappa shape index (κ1) is 14.8. The second kappa shape index (κ2) is 6.72. The summed E-state index contributed by atoms with van der Waals surface area (Å²) < 4.78 is 0. The van der Waals surface area contributed by atoms with E-state index in [-0.39, 0.29) is 23.7 Å². The topological polar surface area (TPSA) is 77.8 Å². The van der Waals surface area contributed by atoms with Crippen molar-refractivity contribution in [2.45, 2.75) is 12.5 Å². The Kier molecular flexibility index (Phi) is 4.74. The van der Waals surface area contributed by atoms with Gasteiger partial charge in [0.25, 0.3) is 0 Å². The fourth-order valence-corrected chi connectivity index (χ4v) is 1.85. The smallest absolute Gasteiger partial charge is 0.158 e. The van der Waals surface area contributed by atoms with Crippen LogP contribution < -0.4 is 0 Å². The van der Waals surface area contributed by atoms with Gasteiger partial charge in [0.05, 0.1) is 6.10 Å². The summed E-state index contributed by atoms with van der Waals surface area (Å²) in [5, 5.41) is 28.3. The Bertz CT molecular complexity index is 627. The van der Waals surface area contributed by atoms with Crippen LogP contribution in [-0.4, -0.2) is 21.1 Å². The van der Waals surface area contributed by atoms with E-state index >= 15 is 0 Å². The number of allylic oxidation sites excluding steroid dienone is 1. The predicted molar refractivity (Wildman–Crippen MR) is 79.8 cm³/mol. The van der Waals surface area contributed by atoms with Crippen molar-refractivity contribution in [1.29, 1.82) is 0 Å². The van der Waals surface area contributed by atoms with Crippen molar-refractivity contribution in [1.82, 2.24) is 0 Å². The summed E-state index contributed by atoms with van der Waals surface area (Å²) in [6.07, 6.45) is 2.10. The third kappa shape index (κ3) is 4.47. The van der Waals surface area contributed by atoms with Crippen LogP contribution >= 0.6 is 0 Å². The number of benzene rings is 2. The highest BCUT2D eigenvalue weighted by molar-refractivity contribution is 5.93. The molecule has 1 unspecified atom stereocenters. The quantitative estimate of drug-likeness (QED) is 0.738. The molecular formula is C17H16O4.